The van der Waals surface area contributed by atoms with Crippen LogP contribution in [0.15, 0.2) is 60.9 Å². The van der Waals surface area contributed by atoms with Gasteiger partial charge >= 0.3 is 0 Å². The predicted molar refractivity (Wildman–Crippen MR) is 99.5 cm³/mol. The third-order valence-corrected chi connectivity index (χ3v) is 3.73. The number of amides is 1. The van der Waals surface area contributed by atoms with Gasteiger partial charge in [-0.3, -0.25) is 4.79 Å². The number of carbonyl (C=O) groups excluding carboxylic acids is 1. The third kappa shape index (κ3) is 4.83. The molecular formula is C19H21N5O2. The van der Waals surface area contributed by atoms with Crippen molar-refractivity contribution >= 4 is 11.7 Å². The van der Waals surface area contributed by atoms with E-state index in [0.717, 1.165) is 17.1 Å². The molecule has 26 heavy (non-hydrogen) atoms. The van der Waals surface area contributed by atoms with Crippen molar-refractivity contribution in [1.82, 2.24) is 20.1 Å². The molecule has 3 rings (SSSR count). The number of carbonyl (C=O) groups is 1. The molecular weight excluding hydrogens is 330 g/mol. The zero-order valence-electron chi connectivity index (χ0n) is 14.6. The first-order valence-corrected chi connectivity index (χ1v) is 8.38. The smallest absolute Gasteiger partial charge is 0.258 e. The van der Waals surface area contributed by atoms with E-state index in [9.17, 15) is 4.79 Å². The topological polar surface area (TPSA) is 81.1 Å². The highest BCUT2D eigenvalue weighted by Crippen LogP contribution is 2.15. The van der Waals surface area contributed by atoms with Crippen molar-refractivity contribution in [1.29, 1.82) is 0 Å². The second kappa shape index (κ2) is 8.66. The number of nitrogens with one attached hydrogen (secondary N) is 2. The maximum Gasteiger partial charge on any atom is 0.258 e. The molecule has 2 N–H and O–H groups in total. The molecule has 0 unspecified atom stereocenters. The van der Waals surface area contributed by atoms with E-state index in [1.54, 1.807) is 0 Å². The summed E-state index contributed by atoms with van der Waals surface area (Å²) in [6.45, 7) is 2.96. The van der Waals surface area contributed by atoms with Crippen molar-refractivity contribution < 1.29 is 9.53 Å². The molecule has 0 fully saturated rings. The van der Waals surface area contributed by atoms with Crippen LogP contribution >= 0.6 is 0 Å². The van der Waals surface area contributed by atoms with E-state index < -0.39 is 0 Å². The minimum Gasteiger partial charge on any atom is -0.484 e. The predicted octanol–water partition coefficient (Wildman–Crippen LogP) is 2.18. The van der Waals surface area contributed by atoms with Gasteiger partial charge in [-0.15, -0.1) is 10.2 Å². The molecule has 2 aromatic heterocycles. The number of hydrogen-bond acceptors (Lipinski definition) is 5. The summed E-state index contributed by atoms with van der Waals surface area (Å²) in [4.78, 5) is 11.8. The highest BCUT2D eigenvalue weighted by molar-refractivity contribution is 5.77. The molecule has 1 aromatic carbocycles. The van der Waals surface area contributed by atoms with Gasteiger partial charge in [0.05, 0.1) is 0 Å². The first-order chi connectivity index (χ1) is 12.7. The van der Waals surface area contributed by atoms with E-state index in [-0.39, 0.29) is 12.5 Å². The first-order valence-electron chi connectivity index (χ1n) is 8.38. The molecule has 0 radical (unpaired) electrons. The Balaban J connectivity index is 1.36. The van der Waals surface area contributed by atoms with Gasteiger partial charge in [-0.25, -0.2) is 0 Å². The molecule has 3 aromatic rings. The van der Waals surface area contributed by atoms with Crippen LogP contribution in [0.4, 0.5) is 5.82 Å². The highest BCUT2D eigenvalue weighted by atomic mass is 16.5. The fourth-order valence-electron chi connectivity index (χ4n) is 2.35. The lowest BCUT2D eigenvalue weighted by molar-refractivity contribution is -0.123. The molecule has 0 aliphatic heterocycles. The standard InChI is InChI=1S/C19H21N5O2/c1-15-6-2-3-7-16(15)26-14-19(25)21-11-10-20-17-8-9-18(23-22-17)24-12-4-5-13-24/h2-9,12-13H,10-11,14H2,1H3,(H,20,22)(H,21,25). The van der Waals surface area contributed by atoms with Gasteiger partial charge in [0.25, 0.3) is 5.91 Å². The first kappa shape index (κ1) is 17.5. The number of aryl methyl sites for hydroxylation is 1. The van der Waals surface area contributed by atoms with E-state index in [2.05, 4.69) is 20.8 Å². The number of aromatic nitrogens is 3. The van der Waals surface area contributed by atoms with Crippen LogP contribution in [0.5, 0.6) is 5.75 Å². The van der Waals surface area contributed by atoms with Crippen molar-refractivity contribution in [3.63, 3.8) is 0 Å². The van der Waals surface area contributed by atoms with Crippen LogP contribution in [0.25, 0.3) is 5.82 Å². The summed E-state index contributed by atoms with van der Waals surface area (Å²) >= 11 is 0. The number of rotatable bonds is 8. The Morgan fingerprint density at radius 2 is 1.85 bits per heavy atom. The molecule has 0 saturated carbocycles. The molecule has 0 atom stereocenters. The fraction of sp³-hybridized carbons (Fsp3) is 0.211. The average molecular weight is 351 g/mol. The van der Waals surface area contributed by atoms with Crippen molar-refractivity contribution in [2.75, 3.05) is 25.0 Å². The highest BCUT2D eigenvalue weighted by Gasteiger charge is 2.04. The zero-order valence-corrected chi connectivity index (χ0v) is 14.6. The van der Waals surface area contributed by atoms with Crippen molar-refractivity contribution in [3.8, 4) is 11.6 Å². The lowest BCUT2D eigenvalue weighted by Crippen LogP contribution is -2.32. The number of benzene rings is 1. The van der Waals surface area contributed by atoms with Gasteiger partial charge in [0.15, 0.2) is 12.4 Å². The average Bonchev–Trinajstić information content (AvgIpc) is 3.20. The summed E-state index contributed by atoms with van der Waals surface area (Å²) in [5.41, 5.74) is 1.00. The van der Waals surface area contributed by atoms with E-state index >= 15 is 0 Å². The Hall–Kier alpha value is -3.35. The van der Waals surface area contributed by atoms with Gasteiger partial charge in [0.2, 0.25) is 0 Å². The second-order valence-corrected chi connectivity index (χ2v) is 5.70. The minimum absolute atomic E-state index is 0.00374. The van der Waals surface area contributed by atoms with Crippen LogP contribution in [0, 0.1) is 6.92 Å². The van der Waals surface area contributed by atoms with E-state index in [1.165, 1.54) is 0 Å². The number of para-hydroxylation sites is 1. The molecule has 0 saturated heterocycles. The van der Waals surface area contributed by atoms with Crippen LogP contribution in [0.1, 0.15) is 5.56 Å². The third-order valence-electron chi connectivity index (χ3n) is 3.73. The molecule has 2 heterocycles. The van der Waals surface area contributed by atoms with Crippen LogP contribution in [-0.2, 0) is 4.79 Å². The Labute approximate surface area is 152 Å². The van der Waals surface area contributed by atoms with Crippen molar-refractivity contribution in [3.05, 3.63) is 66.5 Å². The number of ether oxygens (including phenoxy) is 1. The van der Waals surface area contributed by atoms with E-state index in [1.807, 2.05) is 72.4 Å². The molecule has 0 spiro atoms. The Bertz CT molecular complexity index is 831. The summed E-state index contributed by atoms with van der Waals surface area (Å²) in [6, 6.07) is 15.2. The molecule has 7 nitrogen and oxygen atoms in total. The Morgan fingerprint density at radius 3 is 2.58 bits per heavy atom. The number of anilines is 1. The normalized spacial score (nSPS) is 10.3. The molecule has 134 valence electrons. The van der Waals surface area contributed by atoms with Gasteiger partial charge in [0, 0.05) is 25.5 Å². The van der Waals surface area contributed by atoms with Gasteiger partial charge in [-0.1, -0.05) is 18.2 Å². The van der Waals surface area contributed by atoms with Gasteiger partial charge < -0.3 is 19.9 Å². The van der Waals surface area contributed by atoms with E-state index in [4.69, 9.17) is 4.74 Å². The van der Waals surface area contributed by atoms with Crippen LogP contribution in [0.2, 0.25) is 0 Å². The summed E-state index contributed by atoms with van der Waals surface area (Å²) in [7, 11) is 0. The quantitative estimate of drug-likeness (QED) is 0.608. The SMILES string of the molecule is Cc1ccccc1OCC(=O)NCCNc1ccc(-n2cccc2)nn1. The molecule has 0 bridgehead atoms. The van der Waals surface area contributed by atoms with Crippen molar-refractivity contribution in [2.45, 2.75) is 6.92 Å². The van der Waals surface area contributed by atoms with Gasteiger partial charge in [0.1, 0.15) is 11.6 Å². The molecule has 7 heteroatoms. The number of hydrogen-bond donors (Lipinski definition) is 2. The summed E-state index contributed by atoms with van der Waals surface area (Å²) in [6.07, 6.45) is 3.82. The summed E-state index contributed by atoms with van der Waals surface area (Å²) < 4.78 is 7.39. The fourth-order valence-corrected chi connectivity index (χ4v) is 2.35. The van der Waals surface area contributed by atoms with Crippen LogP contribution < -0.4 is 15.4 Å². The molecule has 1 amide bonds. The lowest BCUT2D eigenvalue weighted by atomic mass is 10.2. The maximum absolute atomic E-state index is 11.8. The molecule has 0 aliphatic carbocycles. The monoisotopic (exact) mass is 351 g/mol. The van der Waals surface area contributed by atoms with Crippen LogP contribution in [-0.4, -0.2) is 40.4 Å². The largest absolute Gasteiger partial charge is 0.484 e. The molecule has 0 aliphatic rings. The van der Waals surface area contributed by atoms with Gasteiger partial charge in [-0.05, 0) is 42.8 Å². The van der Waals surface area contributed by atoms with E-state index in [0.29, 0.717) is 18.9 Å². The second-order valence-electron chi connectivity index (χ2n) is 5.70. The Kier molecular flexibility index (Phi) is 5.82. The summed E-state index contributed by atoms with van der Waals surface area (Å²) in [5, 5.41) is 14.2. The van der Waals surface area contributed by atoms with Crippen molar-refractivity contribution in [2.24, 2.45) is 0 Å². The van der Waals surface area contributed by atoms with Crippen LogP contribution in [0.3, 0.4) is 0 Å². The summed E-state index contributed by atoms with van der Waals surface area (Å²) in [5.74, 6) is 1.97. The van der Waals surface area contributed by atoms with Gasteiger partial charge in [-0.2, -0.15) is 0 Å². The number of nitrogens with zero attached hydrogens (tertiary/aromatic N) is 3. The lowest BCUT2D eigenvalue weighted by Gasteiger charge is -2.10. The maximum atomic E-state index is 11.8. The minimum atomic E-state index is -0.163. The zero-order chi connectivity index (χ0) is 18.2. The Morgan fingerprint density at radius 1 is 1.04 bits per heavy atom.